The van der Waals surface area contributed by atoms with Gasteiger partial charge < -0.3 is 10.4 Å². The number of hydrogen-bond donors (Lipinski definition) is 2. The Morgan fingerprint density at radius 2 is 2.08 bits per heavy atom. The zero-order valence-corrected chi connectivity index (χ0v) is 8.23. The maximum Gasteiger partial charge on any atom is 0.102 e. The summed E-state index contributed by atoms with van der Waals surface area (Å²) in [6, 6.07) is 0. The lowest BCUT2D eigenvalue weighted by Gasteiger charge is -2.25. The second-order valence-electron chi connectivity index (χ2n) is 3.96. The molecule has 0 spiro atoms. The third-order valence-electron chi connectivity index (χ3n) is 1.63. The molecule has 0 aromatic rings. The van der Waals surface area contributed by atoms with Crippen LogP contribution in [-0.2, 0) is 0 Å². The molecule has 2 nitrogen and oxygen atoms in total. The van der Waals surface area contributed by atoms with Gasteiger partial charge in [-0.25, -0.2) is 4.39 Å². The predicted octanol–water partition coefficient (Wildman–Crippen LogP) is 1.34. The van der Waals surface area contributed by atoms with Crippen LogP contribution in [-0.4, -0.2) is 30.5 Å². The van der Waals surface area contributed by atoms with Crippen LogP contribution in [0.3, 0.4) is 0 Å². The van der Waals surface area contributed by atoms with Crippen molar-refractivity contribution >= 4 is 0 Å². The molecule has 3 heteroatoms. The van der Waals surface area contributed by atoms with E-state index >= 15 is 0 Å². The van der Waals surface area contributed by atoms with Gasteiger partial charge in [0.15, 0.2) is 0 Å². The number of nitrogens with one attached hydrogen (secondary N) is 1. The Hall–Kier alpha value is -0.150. The Labute approximate surface area is 74.2 Å². The van der Waals surface area contributed by atoms with Crippen molar-refractivity contribution in [1.82, 2.24) is 5.32 Å². The van der Waals surface area contributed by atoms with Gasteiger partial charge in [-0.2, -0.15) is 0 Å². The highest BCUT2D eigenvalue weighted by Crippen LogP contribution is 2.14. The molecule has 0 amide bonds. The Balaban J connectivity index is 3.56. The van der Waals surface area contributed by atoms with E-state index in [0.717, 1.165) is 6.42 Å². The molecular weight excluding hydrogens is 157 g/mol. The molecule has 1 unspecified atom stereocenters. The Kier molecular flexibility index (Phi) is 5.42. The summed E-state index contributed by atoms with van der Waals surface area (Å²) >= 11 is 0. The molecule has 0 rings (SSSR count). The van der Waals surface area contributed by atoms with Crippen molar-refractivity contribution in [3.63, 3.8) is 0 Å². The SMILES string of the molecule is CC(C)CC(C)(O)CNCCF. The fourth-order valence-corrected chi connectivity index (χ4v) is 1.38. The van der Waals surface area contributed by atoms with E-state index < -0.39 is 5.60 Å². The minimum Gasteiger partial charge on any atom is -0.389 e. The van der Waals surface area contributed by atoms with Crippen LogP contribution in [0.15, 0.2) is 0 Å². The highest BCUT2D eigenvalue weighted by Gasteiger charge is 2.20. The lowest BCUT2D eigenvalue weighted by atomic mass is 9.94. The molecule has 0 radical (unpaired) electrons. The lowest BCUT2D eigenvalue weighted by molar-refractivity contribution is 0.0385. The van der Waals surface area contributed by atoms with E-state index in [4.69, 9.17) is 0 Å². The Morgan fingerprint density at radius 1 is 1.50 bits per heavy atom. The van der Waals surface area contributed by atoms with Gasteiger partial charge in [0.1, 0.15) is 6.67 Å². The molecule has 0 aliphatic carbocycles. The van der Waals surface area contributed by atoms with Crippen molar-refractivity contribution < 1.29 is 9.50 Å². The van der Waals surface area contributed by atoms with Crippen LogP contribution in [0.2, 0.25) is 0 Å². The van der Waals surface area contributed by atoms with Crippen LogP contribution < -0.4 is 5.32 Å². The molecule has 0 aromatic heterocycles. The van der Waals surface area contributed by atoms with Crippen molar-refractivity contribution in [2.24, 2.45) is 5.92 Å². The van der Waals surface area contributed by atoms with E-state index in [0.29, 0.717) is 19.0 Å². The molecule has 0 heterocycles. The summed E-state index contributed by atoms with van der Waals surface area (Å²) in [5.41, 5.74) is -0.705. The van der Waals surface area contributed by atoms with Crippen LogP contribution in [0.25, 0.3) is 0 Å². The zero-order valence-electron chi connectivity index (χ0n) is 8.23. The molecule has 1 atom stereocenters. The predicted molar refractivity (Wildman–Crippen MR) is 48.9 cm³/mol. The van der Waals surface area contributed by atoms with Gasteiger partial charge in [0.05, 0.1) is 5.60 Å². The van der Waals surface area contributed by atoms with Crippen LogP contribution in [0.5, 0.6) is 0 Å². The summed E-state index contributed by atoms with van der Waals surface area (Å²) in [6.07, 6.45) is 0.742. The van der Waals surface area contributed by atoms with Crippen molar-refractivity contribution in [3.8, 4) is 0 Å². The Bertz CT molecular complexity index is 115. The van der Waals surface area contributed by atoms with Crippen molar-refractivity contribution in [1.29, 1.82) is 0 Å². The fourth-order valence-electron chi connectivity index (χ4n) is 1.38. The normalized spacial score (nSPS) is 16.5. The third-order valence-corrected chi connectivity index (χ3v) is 1.63. The van der Waals surface area contributed by atoms with Crippen molar-refractivity contribution in [2.75, 3.05) is 19.8 Å². The molecule has 74 valence electrons. The first-order chi connectivity index (χ1) is 5.48. The van der Waals surface area contributed by atoms with E-state index in [2.05, 4.69) is 19.2 Å². The van der Waals surface area contributed by atoms with Crippen LogP contribution in [0.4, 0.5) is 4.39 Å². The number of aliphatic hydroxyl groups is 1. The minimum atomic E-state index is -0.705. The van der Waals surface area contributed by atoms with Crippen LogP contribution >= 0.6 is 0 Å². The van der Waals surface area contributed by atoms with Gasteiger partial charge in [0, 0.05) is 13.1 Å². The van der Waals surface area contributed by atoms with Gasteiger partial charge in [-0.05, 0) is 19.3 Å². The smallest absolute Gasteiger partial charge is 0.102 e. The van der Waals surface area contributed by atoms with Crippen LogP contribution in [0, 0.1) is 5.92 Å². The molecule has 0 aliphatic heterocycles. The molecule has 0 bridgehead atoms. The summed E-state index contributed by atoms with van der Waals surface area (Å²) < 4.78 is 11.7. The topological polar surface area (TPSA) is 32.3 Å². The first-order valence-corrected chi connectivity index (χ1v) is 4.47. The maximum absolute atomic E-state index is 11.7. The number of rotatable bonds is 6. The summed E-state index contributed by atoms with van der Waals surface area (Å²) in [5, 5.41) is 12.6. The first kappa shape index (κ1) is 11.8. The second-order valence-corrected chi connectivity index (χ2v) is 3.96. The van der Waals surface area contributed by atoms with Gasteiger partial charge in [-0.15, -0.1) is 0 Å². The summed E-state index contributed by atoms with van der Waals surface area (Å²) in [7, 11) is 0. The number of halogens is 1. The quantitative estimate of drug-likeness (QED) is 0.600. The molecule has 2 N–H and O–H groups in total. The van der Waals surface area contributed by atoms with Crippen molar-refractivity contribution in [3.05, 3.63) is 0 Å². The van der Waals surface area contributed by atoms with E-state index in [9.17, 15) is 9.50 Å². The van der Waals surface area contributed by atoms with Gasteiger partial charge in [0.25, 0.3) is 0 Å². The number of hydrogen-bond acceptors (Lipinski definition) is 2. The summed E-state index contributed by atoms with van der Waals surface area (Å²) in [4.78, 5) is 0. The molecule has 0 fully saturated rings. The zero-order chi connectivity index (χ0) is 9.61. The Morgan fingerprint density at radius 3 is 2.50 bits per heavy atom. The van der Waals surface area contributed by atoms with Crippen molar-refractivity contribution in [2.45, 2.75) is 32.8 Å². The summed E-state index contributed by atoms with van der Waals surface area (Å²) in [6.45, 7) is 6.31. The molecule has 0 aromatic carbocycles. The summed E-state index contributed by atoms with van der Waals surface area (Å²) in [5.74, 6) is 0.465. The van der Waals surface area contributed by atoms with Gasteiger partial charge in [0.2, 0.25) is 0 Å². The number of alkyl halides is 1. The van der Waals surface area contributed by atoms with E-state index in [1.807, 2.05) is 0 Å². The average molecular weight is 177 g/mol. The lowest BCUT2D eigenvalue weighted by Crippen LogP contribution is -2.39. The standard InChI is InChI=1S/C9H20FNO/c1-8(2)6-9(3,12)7-11-5-4-10/h8,11-12H,4-7H2,1-3H3. The highest BCUT2D eigenvalue weighted by atomic mass is 19.1. The van der Waals surface area contributed by atoms with Gasteiger partial charge in [-0.1, -0.05) is 13.8 Å². The molecule has 0 saturated carbocycles. The highest BCUT2D eigenvalue weighted by molar-refractivity contribution is 4.76. The van der Waals surface area contributed by atoms with Crippen LogP contribution in [0.1, 0.15) is 27.2 Å². The van der Waals surface area contributed by atoms with Gasteiger partial charge >= 0.3 is 0 Å². The molecule has 12 heavy (non-hydrogen) atoms. The van der Waals surface area contributed by atoms with E-state index in [-0.39, 0.29) is 6.67 Å². The maximum atomic E-state index is 11.7. The molecule has 0 saturated heterocycles. The van der Waals surface area contributed by atoms with E-state index in [1.165, 1.54) is 0 Å². The van der Waals surface area contributed by atoms with E-state index in [1.54, 1.807) is 6.92 Å². The largest absolute Gasteiger partial charge is 0.389 e. The monoisotopic (exact) mass is 177 g/mol. The minimum absolute atomic E-state index is 0.328. The fraction of sp³-hybridized carbons (Fsp3) is 1.00. The molecular formula is C9H20FNO. The average Bonchev–Trinajstić information content (AvgIpc) is 1.84. The van der Waals surface area contributed by atoms with Gasteiger partial charge in [-0.3, -0.25) is 0 Å². The third kappa shape index (κ3) is 6.55. The first-order valence-electron chi connectivity index (χ1n) is 4.47. The second kappa shape index (κ2) is 5.49. The molecule has 0 aliphatic rings.